The van der Waals surface area contributed by atoms with Gasteiger partial charge in [-0.2, -0.15) is 0 Å². The normalized spacial score (nSPS) is 14.1. The predicted molar refractivity (Wildman–Crippen MR) is 95.2 cm³/mol. The highest BCUT2D eigenvalue weighted by Crippen LogP contribution is 2.20. The zero-order chi connectivity index (χ0) is 17.8. The molecule has 0 aliphatic carbocycles. The molecular weight excluding hydrogens is 321 g/mol. The molecule has 25 heavy (non-hydrogen) atoms. The van der Waals surface area contributed by atoms with Crippen molar-refractivity contribution in [1.29, 1.82) is 0 Å². The van der Waals surface area contributed by atoms with Gasteiger partial charge in [0.2, 0.25) is 5.91 Å². The summed E-state index contributed by atoms with van der Waals surface area (Å²) >= 11 is 0. The third kappa shape index (κ3) is 3.96. The lowest BCUT2D eigenvalue weighted by Gasteiger charge is -2.18. The lowest BCUT2D eigenvalue weighted by molar-refractivity contribution is -0.116. The molecule has 130 valence electrons. The van der Waals surface area contributed by atoms with Crippen LogP contribution in [0.3, 0.4) is 0 Å². The van der Waals surface area contributed by atoms with Gasteiger partial charge in [-0.1, -0.05) is 19.1 Å². The number of halogens is 1. The second kappa shape index (κ2) is 7.34. The molecule has 1 fully saturated rings. The number of aryl methyl sites for hydroxylation is 1. The molecule has 1 heterocycles. The summed E-state index contributed by atoms with van der Waals surface area (Å²) in [6.07, 6.45) is 0.940. The van der Waals surface area contributed by atoms with E-state index in [4.69, 9.17) is 0 Å². The number of rotatable bonds is 5. The average molecular weight is 341 g/mol. The first kappa shape index (κ1) is 17.0. The van der Waals surface area contributed by atoms with E-state index in [1.807, 2.05) is 24.3 Å². The molecule has 0 aromatic heterocycles. The smallest absolute Gasteiger partial charge is 0.325 e. The summed E-state index contributed by atoms with van der Waals surface area (Å²) in [7, 11) is 0. The summed E-state index contributed by atoms with van der Waals surface area (Å²) in [5, 5.41) is 2.80. The van der Waals surface area contributed by atoms with Crippen molar-refractivity contribution in [3.05, 3.63) is 59.9 Å². The summed E-state index contributed by atoms with van der Waals surface area (Å²) < 4.78 is 13.0. The Bertz CT molecular complexity index is 759. The summed E-state index contributed by atoms with van der Waals surface area (Å²) in [5.74, 6) is -0.584. The van der Waals surface area contributed by atoms with E-state index in [2.05, 4.69) is 12.2 Å². The van der Waals surface area contributed by atoms with Crippen LogP contribution in [0.1, 0.15) is 12.5 Å². The highest BCUT2D eigenvalue weighted by Gasteiger charge is 2.30. The zero-order valence-corrected chi connectivity index (χ0v) is 14.0. The van der Waals surface area contributed by atoms with Crippen molar-refractivity contribution in [2.45, 2.75) is 13.3 Å². The number of hydrogen-bond donors (Lipinski definition) is 1. The SMILES string of the molecule is CCc1ccc(NC(=O)CN2CCN(c3ccc(F)cc3)C2=O)cc1. The molecular formula is C19H20FN3O2. The molecule has 0 atom stereocenters. The fraction of sp³-hybridized carbons (Fsp3) is 0.263. The van der Waals surface area contributed by atoms with Crippen LogP contribution in [-0.2, 0) is 11.2 Å². The summed E-state index contributed by atoms with van der Waals surface area (Å²) in [6, 6.07) is 13.2. The number of hydrogen-bond acceptors (Lipinski definition) is 2. The number of nitrogens with zero attached hydrogens (tertiary/aromatic N) is 2. The first-order chi connectivity index (χ1) is 12.1. The van der Waals surface area contributed by atoms with Gasteiger partial charge in [-0.3, -0.25) is 9.69 Å². The van der Waals surface area contributed by atoms with Crippen LogP contribution in [0, 0.1) is 5.82 Å². The maximum atomic E-state index is 13.0. The third-order valence-electron chi connectivity index (χ3n) is 4.21. The van der Waals surface area contributed by atoms with Gasteiger partial charge in [0, 0.05) is 24.5 Å². The Morgan fingerprint density at radius 1 is 1.08 bits per heavy atom. The molecule has 1 aliphatic heterocycles. The van der Waals surface area contributed by atoms with E-state index >= 15 is 0 Å². The van der Waals surface area contributed by atoms with Gasteiger partial charge in [0.1, 0.15) is 12.4 Å². The molecule has 2 aromatic carbocycles. The van der Waals surface area contributed by atoms with Gasteiger partial charge in [0.15, 0.2) is 0 Å². The Kier molecular flexibility index (Phi) is 4.97. The number of carbonyl (C=O) groups excluding carboxylic acids is 2. The number of nitrogens with one attached hydrogen (secondary N) is 1. The standard InChI is InChI=1S/C19H20FN3O2/c1-2-14-3-7-16(8-4-14)21-18(24)13-22-11-12-23(19(22)25)17-9-5-15(20)6-10-17/h3-10H,2,11-13H2,1H3,(H,21,24). The highest BCUT2D eigenvalue weighted by molar-refractivity contribution is 5.99. The van der Waals surface area contributed by atoms with Crippen molar-refractivity contribution < 1.29 is 14.0 Å². The molecule has 3 amide bonds. The first-order valence-corrected chi connectivity index (χ1v) is 8.27. The molecule has 5 nitrogen and oxygen atoms in total. The van der Waals surface area contributed by atoms with Gasteiger partial charge in [-0.15, -0.1) is 0 Å². The molecule has 1 N–H and O–H groups in total. The minimum Gasteiger partial charge on any atom is -0.325 e. The van der Waals surface area contributed by atoms with Gasteiger partial charge in [0.05, 0.1) is 0 Å². The Morgan fingerprint density at radius 2 is 1.76 bits per heavy atom. The fourth-order valence-electron chi connectivity index (χ4n) is 2.79. The van der Waals surface area contributed by atoms with Gasteiger partial charge < -0.3 is 10.2 Å². The van der Waals surface area contributed by atoms with E-state index in [1.165, 1.54) is 22.6 Å². The summed E-state index contributed by atoms with van der Waals surface area (Å²) in [6.45, 7) is 2.99. The quantitative estimate of drug-likeness (QED) is 0.907. The van der Waals surface area contributed by atoms with E-state index in [0.717, 1.165) is 6.42 Å². The molecule has 0 radical (unpaired) electrons. The average Bonchev–Trinajstić information content (AvgIpc) is 2.97. The zero-order valence-electron chi connectivity index (χ0n) is 14.0. The Morgan fingerprint density at radius 3 is 2.40 bits per heavy atom. The van der Waals surface area contributed by atoms with Crippen LogP contribution in [-0.4, -0.2) is 36.5 Å². The van der Waals surface area contributed by atoms with Gasteiger partial charge >= 0.3 is 6.03 Å². The molecule has 0 saturated carbocycles. The molecule has 1 aliphatic rings. The lowest BCUT2D eigenvalue weighted by Crippen LogP contribution is -2.37. The van der Waals surface area contributed by atoms with Gasteiger partial charge in [-0.05, 0) is 48.4 Å². The molecule has 0 bridgehead atoms. The van der Waals surface area contributed by atoms with Crippen LogP contribution in [0.15, 0.2) is 48.5 Å². The topological polar surface area (TPSA) is 52.7 Å². The van der Waals surface area contributed by atoms with Crippen molar-refractivity contribution in [3.63, 3.8) is 0 Å². The number of carbonyl (C=O) groups is 2. The minimum absolute atomic E-state index is 0.00788. The minimum atomic E-state index is -0.347. The van der Waals surface area contributed by atoms with Crippen molar-refractivity contribution in [1.82, 2.24) is 4.90 Å². The second-order valence-electron chi connectivity index (χ2n) is 5.93. The van der Waals surface area contributed by atoms with Crippen LogP contribution >= 0.6 is 0 Å². The van der Waals surface area contributed by atoms with E-state index in [0.29, 0.717) is 24.5 Å². The first-order valence-electron chi connectivity index (χ1n) is 8.27. The van der Waals surface area contributed by atoms with Crippen molar-refractivity contribution in [3.8, 4) is 0 Å². The van der Waals surface area contributed by atoms with Crippen LogP contribution < -0.4 is 10.2 Å². The Balaban J connectivity index is 1.58. The number of anilines is 2. The molecule has 1 saturated heterocycles. The van der Waals surface area contributed by atoms with Crippen LogP contribution in [0.4, 0.5) is 20.6 Å². The van der Waals surface area contributed by atoms with Crippen LogP contribution in [0.25, 0.3) is 0 Å². The van der Waals surface area contributed by atoms with Crippen LogP contribution in [0.5, 0.6) is 0 Å². The Hall–Kier alpha value is -2.89. The number of urea groups is 1. The van der Waals surface area contributed by atoms with Crippen molar-refractivity contribution in [2.75, 3.05) is 29.9 Å². The van der Waals surface area contributed by atoms with Gasteiger partial charge in [0.25, 0.3) is 0 Å². The van der Waals surface area contributed by atoms with Crippen molar-refractivity contribution in [2.24, 2.45) is 0 Å². The lowest BCUT2D eigenvalue weighted by atomic mass is 10.1. The van der Waals surface area contributed by atoms with Crippen molar-refractivity contribution >= 4 is 23.3 Å². The van der Waals surface area contributed by atoms with E-state index in [9.17, 15) is 14.0 Å². The number of benzene rings is 2. The summed E-state index contributed by atoms with van der Waals surface area (Å²) in [4.78, 5) is 27.7. The maximum Gasteiger partial charge on any atom is 0.325 e. The molecule has 2 aromatic rings. The Labute approximate surface area is 146 Å². The van der Waals surface area contributed by atoms with Gasteiger partial charge in [-0.25, -0.2) is 9.18 Å². The molecule has 3 rings (SSSR count). The molecule has 0 unspecified atom stereocenters. The maximum absolute atomic E-state index is 13.0. The third-order valence-corrected chi connectivity index (χ3v) is 4.21. The largest absolute Gasteiger partial charge is 0.325 e. The predicted octanol–water partition coefficient (Wildman–Crippen LogP) is 3.27. The monoisotopic (exact) mass is 341 g/mol. The van der Waals surface area contributed by atoms with E-state index < -0.39 is 0 Å². The van der Waals surface area contributed by atoms with E-state index in [-0.39, 0.29) is 24.3 Å². The number of amides is 3. The highest BCUT2D eigenvalue weighted by atomic mass is 19.1. The molecule has 6 heteroatoms. The second-order valence-corrected chi connectivity index (χ2v) is 5.93. The summed E-state index contributed by atoms with van der Waals surface area (Å²) in [5.41, 5.74) is 2.54. The van der Waals surface area contributed by atoms with E-state index in [1.54, 1.807) is 17.0 Å². The molecule has 0 spiro atoms. The van der Waals surface area contributed by atoms with Crippen LogP contribution in [0.2, 0.25) is 0 Å². The fourth-order valence-corrected chi connectivity index (χ4v) is 2.79.